The van der Waals surface area contributed by atoms with Crippen LogP contribution >= 0.6 is 0 Å². The van der Waals surface area contributed by atoms with Crippen LogP contribution in [0.4, 0.5) is 0 Å². The number of unbranched alkanes of at least 4 members (excludes halogenated alkanes) is 18. The summed E-state index contributed by atoms with van der Waals surface area (Å²) in [6.45, 7) is 4.49. The van der Waals surface area contributed by atoms with Gasteiger partial charge >= 0.3 is 0 Å². The van der Waals surface area contributed by atoms with E-state index in [1.165, 1.54) is 140 Å². The van der Waals surface area contributed by atoms with E-state index in [9.17, 15) is 16.8 Å². The molecule has 43 heavy (non-hydrogen) atoms. The first-order valence-corrected chi connectivity index (χ1v) is 20.2. The molecule has 0 saturated carbocycles. The Morgan fingerprint density at radius 2 is 0.651 bits per heavy atom. The number of benzene rings is 2. The van der Waals surface area contributed by atoms with E-state index < -0.39 is 20.0 Å². The monoisotopic (exact) mass is 633 g/mol. The van der Waals surface area contributed by atoms with Crippen molar-refractivity contribution in [2.45, 2.75) is 165 Å². The number of nitrogens with one attached hydrogen (secondary N) is 1. The molecule has 0 aromatic heterocycles. The molecular formula is C36H59NO4S2. The minimum Gasteiger partial charge on any atom is -0.206 e. The van der Waals surface area contributed by atoms with E-state index in [1.807, 2.05) is 4.13 Å². The van der Waals surface area contributed by atoms with Crippen molar-refractivity contribution in [1.82, 2.24) is 4.13 Å². The average Bonchev–Trinajstić information content (AvgIpc) is 2.99. The highest BCUT2D eigenvalue weighted by Gasteiger charge is 2.24. The van der Waals surface area contributed by atoms with Crippen molar-refractivity contribution in [3.05, 3.63) is 59.7 Å². The first-order valence-electron chi connectivity index (χ1n) is 17.2. The molecule has 0 saturated heterocycles. The zero-order chi connectivity index (χ0) is 31.2. The normalized spacial score (nSPS) is 12.1. The molecule has 0 fully saturated rings. The van der Waals surface area contributed by atoms with Gasteiger partial charge in [-0.15, -0.1) is 4.13 Å². The van der Waals surface area contributed by atoms with Gasteiger partial charge in [0, 0.05) is 0 Å². The third kappa shape index (κ3) is 16.3. The molecule has 244 valence electrons. The molecule has 0 aliphatic heterocycles. The van der Waals surface area contributed by atoms with Crippen LogP contribution in [0.5, 0.6) is 0 Å². The molecule has 0 amide bonds. The van der Waals surface area contributed by atoms with Crippen molar-refractivity contribution in [2.75, 3.05) is 0 Å². The van der Waals surface area contributed by atoms with Crippen LogP contribution in [0.3, 0.4) is 0 Å². The first-order chi connectivity index (χ1) is 20.8. The van der Waals surface area contributed by atoms with Crippen LogP contribution in [0.2, 0.25) is 0 Å². The van der Waals surface area contributed by atoms with Gasteiger partial charge in [0.25, 0.3) is 20.0 Å². The minimum absolute atomic E-state index is 0.0412. The van der Waals surface area contributed by atoms with E-state index in [-0.39, 0.29) is 9.79 Å². The van der Waals surface area contributed by atoms with E-state index in [0.29, 0.717) is 0 Å². The van der Waals surface area contributed by atoms with Crippen molar-refractivity contribution >= 4 is 20.0 Å². The van der Waals surface area contributed by atoms with Gasteiger partial charge in [-0.25, -0.2) is 16.8 Å². The molecule has 2 rings (SSSR count). The largest absolute Gasteiger partial charge is 0.253 e. The number of hydrogen-bond donors (Lipinski definition) is 1. The lowest BCUT2D eigenvalue weighted by Gasteiger charge is -2.10. The Bertz CT molecular complexity index is 1100. The average molecular weight is 634 g/mol. The van der Waals surface area contributed by atoms with Crippen molar-refractivity contribution in [3.8, 4) is 0 Å². The fraction of sp³-hybridized carbons (Fsp3) is 0.667. The topological polar surface area (TPSA) is 80.3 Å². The molecule has 0 aliphatic rings. The van der Waals surface area contributed by atoms with Crippen LogP contribution in [0.15, 0.2) is 58.3 Å². The van der Waals surface area contributed by atoms with Crippen LogP contribution in [-0.2, 0) is 32.9 Å². The van der Waals surface area contributed by atoms with Gasteiger partial charge in [0.05, 0.1) is 9.79 Å². The number of rotatable bonds is 26. The van der Waals surface area contributed by atoms with Crippen molar-refractivity contribution in [2.24, 2.45) is 0 Å². The van der Waals surface area contributed by atoms with Gasteiger partial charge in [-0.3, -0.25) is 0 Å². The van der Waals surface area contributed by atoms with Gasteiger partial charge in [-0.1, -0.05) is 154 Å². The van der Waals surface area contributed by atoms with Crippen LogP contribution < -0.4 is 4.13 Å². The Balaban J connectivity index is 1.70. The lowest BCUT2D eigenvalue weighted by molar-refractivity contribution is 0.556. The predicted octanol–water partition coefficient (Wildman–Crippen LogP) is 10.3. The number of aryl methyl sites for hydroxylation is 2. The summed E-state index contributed by atoms with van der Waals surface area (Å²) >= 11 is 0. The summed E-state index contributed by atoms with van der Waals surface area (Å²) in [5.74, 6) is 0. The van der Waals surface area contributed by atoms with E-state index in [4.69, 9.17) is 0 Å². The molecule has 0 bridgehead atoms. The van der Waals surface area contributed by atoms with Crippen LogP contribution in [-0.4, -0.2) is 16.8 Å². The maximum Gasteiger partial charge on any atom is 0.253 e. The standard InChI is InChI=1S/C36H59NO4S2/c1-3-5-7-9-11-13-15-17-19-21-23-33-25-29-35(30-26-33)42(38,39)37-43(40,41)36-31-27-34(28-32-36)24-22-20-18-16-14-12-10-8-6-4-2/h25-32,37H,3-24H2,1-2H3. The van der Waals surface area contributed by atoms with Gasteiger partial charge in [0.1, 0.15) is 0 Å². The molecule has 0 radical (unpaired) electrons. The van der Waals surface area contributed by atoms with Crippen molar-refractivity contribution < 1.29 is 16.8 Å². The second kappa shape index (κ2) is 21.9. The quantitative estimate of drug-likeness (QED) is 0.105. The maximum absolute atomic E-state index is 12.9. The predicted molar refractivity (Wildman–Crippen MR) is 181 cm³/mol. The fourth-order valence-electron chi connectivity index (χ4n) is 5.54. The van der Waals surface area contributed by atoms with Gasteiger partial charge in [0.15, 0.2) is 0 Å². The summed E-state index contributed by atoms with van der Waals surface area (Å²) in [4.78, 5) is -0.0824. The number of hydrogen-bond acceptors (Lipinski definition) is 4. The smallest absolute Gasteiger partial charge is 0.206 e. The molecule has 0 aliphatic carbocycles. The van der Waals surface area contributed by atoms with Gasteiger partial charge in [-0.05, 0) is 61.1 Å². The molecular weight excluding hydrogens is 575 g/mol. The van der Waals surface area contributed by atoms with E-state index in [2.05, 4.69) is 13.8 Å². The molecule has 0 heterocycles. The van der Waals surface area contributed by atoms with Gasteiger partial charge in [-0.2, -0.15) is 0 Å². The summed E-state index contributed by atoms with van der Waals surface area (Å²) < 4.78 is 53.4. The molecule has 0 spiro atoms. The molecule has 0 unspecified atom stereocenters. The summed E-state index contributed by atoms with van der Waals surface area (Å²) in [5, 5.41) is 0. The SMILES string of the molecule is CCCCCCCCCCCCc1ccc(S(=O)(=O)NS(=O)(=O)c2ccc(CCCCCCCCCCCC)cc2)cc1. The van der Waals surface area contributed by atoms with Crippen LogP contribution in [0.25, 0.3) is 0 Å². The van der Waals surface area contributed by atoms with Crippen molar-refractivity contribution in [1.29, 1.82) is 0 Å². The zero-order valence-corrected chi connectivity index (χ0v) is 28.8. The zero-order valence-electron chi connectivity index (χ0n) is 27.1. The van der Waals surface area contributed by atoms with E-state index >= 15 is 0 Å². The Hall–Kier alpha value is -1.70. The van der Waals surface area contributed by atoms with Crippen LogP contribution in [0.1, 0.15) is 153 Å². The molecule has 2 aromatic rings. The Labute approximate surface area is 264 Å². The third-order valence-corrected chi connectivity index (χ3v) is 11.9. The third-order valence-electron chi connectivity index (χ3n) is 8.32. The highest BCUT2D eigenvalue weighted by molar-refractivity contribution is 8.04. The highest BCUT2D eigenvalue weighted by atomic mass is 32.3. The summed E-state index contributed by atoms with van der Waals surface area (Å²) in [6, 6.07) is 13.2. The van der Waals surface area contributed by atoms with E-state index in [0.717, 1.165) is 36.8 Å². The maximum atomic E-state index is 12.9. The van der Waals surface area contributed by atoms with Crippen molar-refractivity contribution in [3.63, 3.8) is 0 Å². The second-order valence-corrected chi connectivity index (χ2v) is 15.9. The minimum atomic E-state index is -4.21. The molecule has 1 N–H and O–H groups in total. The second-order valence-electron chi connectivity index (χ2n) is 12.2. The first kappa shape index (κ1) is 37.5. The highest BCUT2D eigenvalue weighted by Crippen LogP contribution is 2.19. The Morgan fingerprint density at radius 3 is 0.930 bits per heavy atom. The molecule has 0 atom stereocenters. The molecule has 5 nitrogen and oxygen atoms in total. The lowest BCUT2D eigenvalue weighted by Crippen LogP contribution is -2.30. The van der Waals surface area contributed by atoms with Gasteiger partial charge in [0.2, 0.25) is 0 Å². The fourth-order valence-corrected chi connectivity index (χ4v) is 8.46. The summed E-state index contributed by atoms with van der Waals surface area (Å²) in [7, 11) is -8.41. The molecule has 2 aromatic carbocycles. The Kier molecular flexibility index (Phi) is 19.1. The molecule has 7 heteroatoms. The van der Waals surface area contributed by atoms with Crippen LogP contribution in [0, 0.1) is 0 Å². The Morgan fingerprint density at radius 1 is 0.395 bits per heavy atom. The number of sulfonamides is 2. The summed E-state index contributed by atoms with van der Waals surface area (Å²) in [5.41, 5.74) is 2.14. The van der Waals surface area contributed by atoms with E-state index in [1.54, 1.807) is 24.3 Å². The lowest BCUT2D eigenvalue weighted by atomic mass is 10.0. The summed E-state index contributed by atoms with van der Waals surface area (Å²) in [6.07, 6.45) is 27.3. The van der Waals surface area contributed by atoms with Gasteiger partial charge < -0.3 is 0 Å².